The molecule has 19 heavy (non-hydrogen) atoms. The molecule has 1 aromatic rings. The molecule has 4 heteroatoms. The average molecular weight is 260 g/mol. The molecular formula is C15H24N4. The van der Waals surface area contributed by atoms with E-state index in [1.807, 2.05) is 6.20 Å². The van der Waals surface area contributed by atoms with Gasteiger partial charge in [-0.3, -0.25) is 0 Å². The maximum Gasteiger partial charge on any atom is 0.131 e. The van der Waals surface area contributed by atoms with Crippen LogP contribution in [0.1, 0.15) is 24.0 Å². The highest BCUT2D eigenvalue weighted by molar-refractivity contribution is 5.47. The van der Waals surface area contributed by atoms with Gasteiger partial charge in [-0.1, -0.05) is 0 Å². The van der Waals surface area contributed by atoms with Gasteiger partial charge in [0.1, 0.15) is 5.82 Å². The quantitative estimate of drug-likeness (QED) is 0.886. The topological polar surface area (TPSA) is 31.4 Å². The average Bonchev–Trinajstić information content (AvgIpc) is 3.22. The summed E-state index contributed by atoms with van der Waals surface area (Å²) in [6.45, 7) is 7.58. The smallest absolute Gasteiger partial charge is 0.131 e. The predicted molar refractivity (Wildman–Crippen MR) is 78.5 cm³/mol. The van der Waals surface area contributed by atoms with E-state index < -0.39 is 0 Å². The summed E-state index contributed by atoms with van der Waals surface area (Å²) in [6, 6.07) is 3.05. The molecule has 0 atom stereocenters. The van der Waals surface area contributed by atoms with Gasteiger partial charge in [-0.2, -0.15) is 0 Å². The normalized spacial score (nSPS) is 20.8. The minimum absolute atomic E-state index is 0.762. The van der Waals surface area contributed by atoms with Crippen LogP contribution in [0.25, 0.3) is 0 Å². The molecule has 0 amide bonds. The highest BCUT2D eigenvalue weighted by Gasteiger charge is 2.20. The monoisotopic (exact) mass is 260 g/mol. The number of rotatable bonds is 4. The number of piperazine rings is 1. The van der Waals surface area contributed by atoms with Crippen LogP contribution in [0.4, 0.5) is 5.82 Å². The first-order valence-corrected chi connectivity index (χ1v) is 7.35. The third-order valence-electron chi connectivity index (χ3n) is 4.08. The van der Waals surface area contributed by atoms with Crippen molar-refractivity contribution in [2.75, 3.05) is 38.1 Å². The summed E-state index contributed by atoms with van der Waals surface area (Å²) >= 11 is 0. The minimum atomic E-state index is 0.762. The van der Waals surface area contributed by atoms with Gasteiger partial charge >= 0.3 is 0 Å². The van der Waals surface area contributed by atoms with Crippen LogP contribution in [0, 0.1) is 6.92 Å². The molecule has 0 spiro atoms. The first kappa shape index (κ1) is 12.9. The second-order valence-electron chi connectivity index (χ2n) is 5.93. The van der Waals surface area contributed by atoms with E-state index in [0.717, 1.165) is 38.8 Å². The van der Waals surface area contributed by atoms with Gasteiger partial charge in [-0.05, 0) is 44.0 Å². The van der Waals surface area contributed by atoms with Gasteiger partial charge in [0.05, 0.1) is 0 Å². The third-order valence-corrected chi connectivity index (χ3v) is 4.08. The van der Waals surface area contributed by atoms with Crippen LogP contribution < -0.4 is 10.2 Å². The van der Waals surface area contributed by atoms with Crippen molar-refractivity contribution >= 4 is 5.82 Å². The molecule has 4 nitrogen and oxygen atoms in total. The van der Waals surface area contributed by atoms with Gasteiger partial charge in [-0.15, -0.1) is 0 Å². The summed E-state index contributed by atoms with van der Waals surface area (Å²) in [7, 11) is 2.18. The number of anilines is 1. The Hall–Kier alpha value is -1.13. The van der Waals surface area contributed by atoms with E-state index in [0.29, 0.717) is 0 Å². The van der Waals surface area contributed by atoms with Crippen molar-refractivity contribution < 1.29 is 0 Å². The number of nitrogens with zero attached hydrogens (tertiary/aromatic N) is 3. The number of hydrogen-bond acceptors (Lipinski definition) is 4. The fourth-order valence-electron chi connectivity index (χ4n) is 2.62. The molecule has 1 aliphatic carbocycles. The fourth-order valence-corrected chi connectivity index (χ4v) is 2.62. The number of likely N-dealkylation sites (N-methyl/N-ethyl adjacent to an activating group) is 1. The van der Waals surface area contributed by atoms with E-state index >= 15 is 0 Å². The van der Waals surface area contributed by atoms with Gasteiger partial charge in [-0.25, -0.2) is 4.98 Å². The van der Waals surface area contributed by atoms with Crippen molar-refractivity contribution in [3.8, 4) is 0 Å². The fraction of sp³-hybridized carbons (Fsp3) is 0.667. The SMILES string of the molecule is Cc1cc(CNC2CC2)cnc1N1CCN(C)CC1. The number of aryl methyl sites for hydroxylation is 1. The molecular weight excluding hydrogens is 236 g/mol. The van der Waals surface area contributed by atoms with Crippen molar-refractivity contribution in [1.82, 2.24) is 15.2 Å². The number of hydrogen-bond donors (Lipinski definition) is 1. The summed E-state index contributed by atoms with van der Waals surface area (Å²) in [5, 5.41) is 3.54. The molecule has 1 saturated carbocycles. The highest BCUT2D eigenvalue weighted by Crippen LogP contribution is 2.21. The lowest BCUT2D eigenvalue weighted by molar-refractivity contribution is 0.312. The van der Waals surface area contributed by atoms with Crippen molar-refractivity contribution in [1.29, 1.82) is 0 Å². The molecule has 2 fully saturated rings. The molecule has 2 aliphatic rings. The van der Waals surface area contributed by atoms with Crippen molar-refractivity contribution in [3.05, 3.63) is 23.4 Å². The van der Waals surface area contributed by atoms with Crippen molar-refractivity contribution in [2.24, 2.45) is 0 Å². The summed E-state index contributed by atoms with van der Waals surface area (Å²) in [5.74, 6) is 1.17. The van der Waals surface area contributed by atoms with Crippen LogP contribution in [0.3, 0.4) is 0 Å². The molecule has 1 aromatic heterocycles. The third kappa shape index (κ3) is 3.25. The zero-order valence-electron chi connectivity index (χ0n) is 12.0. The van der Waals surface area contributed by atoms with Gasteiger partial charge in [0.25, 0.3) is 0 Å². The molecule has 0 unspecified atom stereocenters. The molecule has 0 radical (unpaired) electrons. The largest absolute Gasteiger partial charge is 0.354 e. The Balaban J connectivity index is 1.64. The zero-order valence-corrected chi connectivity index (χ0v) is 12.0. The first-order valence-electron chi connectivity index (χ1n) is 7.35. The van der Waals surface area contributed by atoms with Gasteiger partial charge in [0, 0.05) is 45.0 Å². The van der Waals surface area contributed by atoms with Crippen LogP contribution in [0.2, 0.25) is 0 Å². The second-order valence-corrected chi connectivity index (χ2v) is 5.93. The Labute approximate surface area is 115 Å². The Morgan fingerprint density at radius 2 is 2.00 bits per heavy atom. The summed E-state index contributed by atoms with van der Waals surface area (Å²) in [5.41, 5.74) is 2.61. The highest BCUT2D eigenvalue weighted by atomic mass is 15.3. The number of pyridine rings is 1. The number of nitrogens with one attached hydrogen (secondary N) is 1. The summed E-state index contributed by atoms with van der Waals surface area (Å²) in [4.78, 5) is 9.48. The minimum Gasteiger partial charge on any atom is -0.354 e. The molecule has 3 rings (SSSR count). The van der Waals surface area contributed by atoms with Crippen molar-refractivity contribution in [2.45, 2.75) is 32.4 Å². The van der Waals surface area contributed by atoms with Gasteiger partial charge in [0.15, 0.2) is 0 Å². The maximum absolute atomic E-state index is 4.69. The van der Waals surface area contributed by atoms with Crippen LogP contribution in [-0.2, 0) is 6.54 Å². The second kappa shape index (κ2) is 5.47. The van der Waals surface area contributed by atoms with E-state index in [9.17, 15) is 0 Å². The zero-order chi connectivity index (χ0) is 13.2. The van der Waals surface area contributed by atoms with Crippen LogP contribution >= 0.6 is 0 Å². The van der Waals surface area contributed by atoms with E-state index in [1.54, 1.807) is 0 Å². The van der Waals surface area contributed by atoms with Crippen LogP contribution in [-0.4, -0.2) is 49.2 Å². The Kier molecular flexibility index (Phi) is 3.71. The van der Waals surface area contributed by atoms with Gasteiger partial charge in [0.2, 0.25) is 0 Å². The molecule has 0 aromatic carbocycles. The lowest BCUT2D eigenvalue weighted by atomic mass is 10.2. The Bertz CT molecular complexity index is 434. The standard InChI is InChI=1S/C15H24N4/c1-12-9-13(10-16-14-3-4-14)11-17-15(12)19-7-5-18(2)6-8-19/h9,11,14,16H,3-8,10H2,1-2H3. The van der Waals surface area contributed by atoms with Crippen LogP contribution in [0.15, 0.2) is 12.3 Å². The summed E-state index contributed by atoms with van der Waals surface area (Å²) in [6.07, 6.45) is 4.72. The summed E-state index contributed by atoms with van der Waals surface area (Å²) < 4.78 is 0. The molecule has 1 aliphatic heterocycles. The Morgan fingerprint density at radius 3 is 2.63 bits per heavy atom. The molecule has 0 bridgehead atoms. The molecule has 104 valence electrons. The number of aromatic nitrogens is 1. The maximum atomic E-state index is 4.69. The lowest BCUT2D eigenvalue weighted by Crippen LogP contribution is -2.45. The lowest BCUT2D eigenvalue weighted by Gasteiger charge is -2.34. The van der Waals surface area contributed by atoms with Crippen LogP contribution in [0.5, 0.6) is 0 Å². The van der Waals surface area contributed by atoms with E-state index in [2.05, 4.69) is 35.2 Å². The molecule has 1 saturated heterocycles. The molecule has 2 heterocycles. The molecule has 1 N–H and O–H groups in total. The van der Waals surface area contributed by atoms with Gasteiger partial charge < -0.3 is 15.1 Å². The first-order chi connectivity index (χ1) is 9.22. The predicted octanol–water partition coefficient (Wildman–Crippen LogP) is 1.39. The Morgan fingerprint density at radius 1 is 1.26 bits per heavy atom. The van der Waals surface area contributed by atoms with E-state index in [4.69, 9.17) is 4.98 Å². The van der Waals surface area contributed by atoms with E-state index in [1.165, 1.54) is 29.8 Å². The van der Waals surface area contributed by atoms with E-state index in [-0.39, 0.29) is 0 Å². The van der Waals surface area contributed by atoms with Crippen molar-refractivity contribution in [3.63, 3.8) is 0 Å².